The molecule has 1 heterocycles. The molecule has 3 rings (SSSR count). The van der Waals surface area contributed by atoms with Crippen LogP contribution in [0.15, 0.2) is 23.8 Å². The third kappa shape index (κ3) is 5.69. The number of carbonyl (C=O) groups excluding carboxylic acids is 1. The topological polar surface area (TPSA) is 96.3 Å². The molecule has 0 spiro atoms. The van der Waals surface area contributed by atoms with Gasteiger partial charge >= 0.3 is 10.2 Å². The number of carbonyl (C=O) groups is 1. The second-order valence-corrected chi connectivity index (χ2v) is 11.0. The summed E-state index contributed by atoms with van der Waals surface area (Å²) < 4.78 is 30.3. The molecule has 2 N–H and O–H groups in total. The highest BCUT2D eigenvalue weighted by atomic mass is 32.2. The summed E-state index contributed by atoms with van der Waals surface area (Å²) in [6.07, 6.45) is 8.55. The van der Waals surface area contributed by atoms with E-state index in [1.54, 1.807) is 12.1 Å². The maximum Gasteiger partial charge on any atom is 0.301 e. The van der Waals surface area contributed by atoms with E-state index in [2.05, 4.69) is 30.0 Å². The van der Waals surface area contributed by atoms with Crippen LogP contribution in [0.2, 0.25) is 0 Å². The first-order valence-corrected chi connectivity index (χ1v) is 12.7. The van der Waals surface area contributed by atoms with Gasteiger partial charge in [-0.2, -0.15) is 12.7 Å². The quantitative estimate of drug-likeness (QED) is 0.558. The number of aryl methyl sites for hydroxylation is 1. The lowest BCUT2D eigenvalue weighted by Crippen LogP contribution is -2.29. The number of nitrogens with one attached hydrogen (secondary N) is 2. The molecule has 0 saturated heterocycles. The minimum absolute atomic E-state index is 0.226. The van der Waals surface area contributed by atoms with E-state index in [9.17, 15) is 13.2 Å². The minimum Gasteiger partial charge on any atom is -0.352 e. The van der Waals surface area contributed by atoms with E-state index in [1.807, 2.05) is 11.6 Å². The Morgan fingerprint density at radius 3 is 2.62 bits per heavy atom. The van der Waals surface area contributed by atoms with E-state index in [1.165, 1.54) is 32.5 Å². The van der Waals surface area contributed by atoms with Crippen LogP contribution in [0.25, 0.3) is 11.0 Å². The van der Waals surface area contributed by atoms with Gasteiger partial charge in [-0.15, -0.1) is 0 Å². The van der Waals surface area contributed by atoms with E-state index >= 15 is 0 Å². The van der Waals surface area contributed by atoms with Gasteiger partial charge in [0.2, 0.25) is 0 Å². The molecular formula is C23H35N5O3S. The number of nitrogens with zero attached hydrogens (tertiary/aromatic N) is 3. The van der Waals surface area contributed by atoms with Gasteiger partial charge in [-0.1, -0.05) is 25.5 Å². The van der Waals surface area contributed by atoms with Crippen molar-refractivity contribution >= 4 is 32.8 Å². The number of amides is 1. The van der Waals surface area contributed by atoms with Crippen LogP contribution in [0.1, 0.15) is 62.1 Å². The van der Waals surface area contributed by atoms with E-state index in [0.29, 0.717) is 34.7 Å². The highest BCUT2D eigenvalue weighted by Gasteiger charge is 2.21. The van der Waals surface area contributed by atoms with Gasteiger partial charge in [0, 0.05) is 34.1 Å². The average Bonchev–Trinajstić information content (AvgIpc) is 3.02. The van der Waals surface area contributed by atoms with Crippen molar-refractivity contribution in [2.24, 2.45) is 13.0 Å². The minimum atomic E-state index is -3.71. The van der Waals surface area contributed by atoms with Crippen LogP contribution >= 0.6 is 0 Å². The van der Waals surface area contributed by atoms with Crippen LogP contribution in [0.3, 0.4) is 0 Å². The van der Waals surface area contributed by atoms with Crippen molar-refractivity contribution in [3.8, 4) is 0 Å². The number of imidazole rings is 1. The molecule has 1 aromatic carbocycles. The Morgan fingerprint density at radius 1 is 1.25 bits per heavy atom. The van der Waals surface area contributed by atoms with E-state index < -0.39 is 10.2 Å². The van der Waals surface area contributed by atoms with Crippen LogP contribution in [0.5, 0.6) is 0 Å². The van der Waals surface area contributed by atoms with Crippen molar-refractivity contribution in [3.05, 3.63) is 35.2 Å². The largest absolute Gasteiger partial charge is 0.352 e. The lowest BCUT2D eigenvalue weighted by molar-refractivity contribution is 0.0955. The number of allylic oxidation sites excluding steroid dienone is 1. The molecule has 0 fully saturated rings. The number of hydrogen-bond acceptors (Lipinski definition) is 4. The molecule has 1 amide bonds. The van der Waals surface area contributed by atoms with Crippen molar-refractivity contribution in [2.45, 2.75) is 52.4 Å². The fourth-order valence-electron chi connectivity index (χ4n) is 3.98. The lowest BCUT2D eigenvalue weighted by atomic mass is 9.97. The molecule has 0 atom stereocenters. The molecule has 1 aromatic heterocycles. The van der Waals surface area contributed by atoms with Gasteiger partial charge in [0.25, 0.3) is 5.91 Å². The van der Waals surface area contributed by atoms with Crippen molar-refractivity contribution in [2.75, 3.05) is 25.4 Å². The van der Waals surface area contributed by atoms with Gasteiger partial charge in [-0.05, 0) is 50.2 Å². The molecule has 0 unspecified atom stereocenters. The zero-order chi connectivity index (χ0) is 23.5. The van der Waals surface area contributed by atoms with Gasteiger partial charge in [0.05, 0.1) is 22.3 Å². The van der Waals surface area contributed by atoms with Crippen molar-refractivity contribution in [1.82, 2.24) is 19.2 Å². The molecule has 2 aromatic rings. The molecule has 8 nitrogen and oxygen atoms in total. The first-order valence-electron chi connectivity index (χ1n) is 11.2. The average molecular weight is 462 g/mol. The standard InChI is InChI=1S/C23H35N5O3S/c1-16(2)13-21-25-20-15-18(26-32(30,31)27(3)4)14-19(22(20)28(21)5)23(29)24-12-11-17-9-7-6-8-10-17/h9,14-16,26H,6-8,10-13H2,1-5H3,(H,24,29). The maximum atomic E-state index is 13.2. The Bertz CT molecular complexity index is 1120. The molecule has 0 aliphatic heterocycles. The Labute approximate surface area is 191 Å². The summed E-state index contributed by atoms with van der Waals surface area (Å²) >= 11 is 0. The van der Waals surface area contributed by atoms with Crippen LogP contribution < -0.4 is 10.0 Å². The highest BCUT2D eigenvalue weighted by Crippen LogP contribution is 2.27. The normalized spacial score (nSPS) is 14.8. The summed E-state index contributed by atoms with van der Waals surface area (Å²) in [5.41, 5.74) is 3.45. The summed E-state index contributed by atoms with van der Waals surface area (Å²) in [4.78, 5) is 17.9. The molecular weight excluding hydrogens is 426 g/mol. The molecule has 0 bridgehead atoms. The Balaban J connectivity index is 1.94. The van der Waals surface area contributed by atoms with Crippen molar-refractivity contribution in [3.63, 3.8) is 0 Å². The maximum absolute atomic E-state index is 13.2. The summed E-state index contributed by atoms with van der Waals surface area (Å²) in [7, 11) is 1.11. The van der Waals surface area contributed by atoms with Crippen LogP contribution in [0.4, 0.5) is 5.69 Å². The highest BCUT2D eigenvalue weighted by molar-refractivity contribution is 7.90. The van der Waals surface area contributed by atoms with Gasteiger partial charge < -0.3 is 9.88 Å². The Morgan fingerprint density at radius 2 is 2.00 bits per heavy atom. The molecule has 176 valence electrons. The van der Waals surface area contributed by atoms with Gasteiger partial charge in [-0.3, -0.25) is 9.52 Å². The number of aromatic nitrogens is 2. The zero-order valence-electron chi connectivity index (χ0n) is 19.7. The Kier molecular flexibility index (Phi) is 7.61. The molecule has 0 radical (unpaired) electrons. The van der Waals surface area contributed by atoms with E-state index in [4.69, 9.17) is 4.98 Å². The third-order valence-corrected chi connectivity index (χ3v) is 7.20. The molecule has 32 heavy (non-hydrogen) atoms. The number of hydrogen-bond donors (Lipinski definition) is 2. The van der Waals surface area contributed by atoms with Crippen LogP contribution in [-0.2, 0) is 23.7 Å². The van der Waals surface area contributed by atoms with Crippen LogP contribution in [0, 0.1) is 5.92 Å². The lowest BCUT2D eigenvalue weighted by Gasteiger charge is -2.16. The fraction of sp³-hybridized carbons (Fsp3) is 0.565. The van der Waals surface area contributed by atoms with Gasteiger partial charge in [0.15, 0.2) is 0 Å². The number of fused-ring (bicyclic) bond motifs is 1. The number of benzene rings is 1. The van der Waals surface area contributed by atoms with E-state index in [0.717, 1.165) is 35.8 Å². The number of rotatable bonds is 9. The summed E-state index contributed by atoms with van der Waals surface area (Å²) in [5.74, 6) is 1.04. The second-order valence-electron chi connectivity index (χ2n) is 9.08. The second kappa shape index (κ2) is 10.0. The molecule has 9 heteroatoms. The molecule has 1 aliphatic carbocycles. The summed E-state index contributed by atoms with van der Waals surface area (Å²) in [5, 5.41) is 3.02. The third-order valence-electron chi connectivity index (χ3n) is 5.74. The SMILES string of the molecule is CC(C)Cc1nc2cc(NS(=O)(=O)N(C)C)cc(C(=O)NCCC3=CCCCC3)c2n1C. The number of anilines is 1. The van der Waals surface area contributed by atoms with Crippen molar-refractivity contribution < 1.29 is 13.2 Å². The first-order chi connectivity index (χ1) is 15.1. The Hall–Kier alpha value is -2.39. The molecule has 0 saturated carbocycles. The summed E-state index contributed by atoms with van der Waals surface area (Å²) in [6.45, 7) is 4.78. The predicted molar refractivity (Wildman–Crippen MR) is 129 cm³/mol. The predicted octanol–water partition coefficient (Wildman–Crippen LogP) is 3.61. The first kappa shape index (κ1) is 24.3. The van der Waals surface area contributed by atoms with Gasteiger partial charge in [-0.25, -0.2) is 4.98 Å². The molecule has 1 aliphatic rings. The zero-order valence-corrected chi connectivity index (χ0v) is 20.6. The van der Waals surface area contributed by atoms with Crippen LogP contribution in [-0.4, -0.2) is 48.8 Å². The summed E-state index contributed by atoms with van der Waals surface area (Å²) in [6, 6.07) is 3.28. The van der Waals surface area contributed by atoms with Crippen molar-refractivity contribution in [1.29, 1.82) is 0 Å². The fourth-order valence-corrected chi connectivity index (χ4v) is 4.58. The van der Waals surface area contributed by atoms with Gasteiger partial charge in [0.1, 0.15) is 5.82 Å². The van der Waals surface area contributed by atoms with E-state index in [-0.39, 0.29) is 5.91 Å². The monoisotopic (exact) mass is 461 g/mol. The smallest absolute Gasteiger partial charge is 0.301 e.